The molecule has 2 aromatic carbocycles. The van der Waals surface area contributed by atoms with Crippen LogP contribution in [0, 0.1) is 13.8 Å². The average molecular weight is 317 g/mol. The highest BCUT2D eigenvalue weighted by molar-refractivity contribution is 6.31. The third-order valence-corrected chi connectivity index (χ3v) is 4.12. The van der Waals surface area contributed by atoms with Crippen molar-refractivity contribution in [2.45, 2.75) is 27.2 Å². The maximum atomic E-state index is 12.2. The number of rotatable bonds is 5. The Kier molecular flexibility index (Phi) is 5.45. The van der Waals surface area contributed by atoms with Gasteiger partial charge >= 0.3 is 0 Å². The van der Waals surface area contributed by atoms with Crippen LogP contribution >= 0.6 is 11.6 Å². The first kappa shape index (κ1) is 16.4. The van der Waals surface area contributed by atoms with Crippen LogP contribution < -0.4 is 10.6 Å². The molecule has 0 spiro atoms. The molecule has 0 heterocycles. The van der Waals surface area contributed by atoms with E-state index < -0.39 is 0 Å². The Hall–Kier alpha value is -2.00. The fraction of sp³-hybridized carbons (Fsp3) is 0.278. The molecule has 0 aliphatic rings. The summed E-state index contributed by atoms with van der Waals surface area (Å²) in [5, 5.41) is 6.83. The Morgan fingerprint density at radius 1 is 1.14 bits per heavy atom. The van der Waals surface area contributed by atoms with E-state index in [1.54, 1.807) is 0 Å². The molecule has 22 heavy (non-hydrogen) atoms. The van der Waals surface area contributed by atoms with E-state index >= 15 is 0 Å². The van der Waals surface area contributed by atoms with Gasteiger partial charge in [0.05, 0.1) is 6.54 Å². The zero-order chi connectivity index (χ0) is 16.1. The van der Waals surface area contributed by atoms with E-state index in [-0.39, 0.29) is 12.5 Å². The molecular formula is C18H21ClN2O. The number of halogens is 1. The van der Waals surface area contributed by atoms with E-state index in [4.69, 9.17) is 11.6 Å². The predicted octanol–water partition coefficient (Wildman–Crippen LogP) is 4.57. The van der Waals surface area contributed by atoms with Gasteiger partial charge in [0.2, 0.25) is 5.91 Å². The maximum Gasteiger partial charge on any atom is 0.243 e. The first-order valence-electron chi connectivity index (χ1n) is 7.40. The highest BCUT2D eigenvalue weighted by atomic mass is 35.5. The molecule has 116 valence electrons. The van der Waals surface area contributed by atoms with Crippen LogP contribution in [0.4, 0.5) is 11.4 Å². The van der Waals surface area contributed by atoms with Gasteiger partial charge in [-0.25, -0.2) is 0 Å². The molecule has 1 amide bonds. The molecule has 0 aliphatic carbocycles. The fourth-order valence-electron chi connectivity index (χ4n) is 2.36. The SMILES string of the molecule is CCc1cccc(C)c1NC(=O)CNc1cccc(Cl)c1C. The molecule has 2 aromatic rings. The molecule has 0 saturated heterocycles. The molecule has 0 bridgehead atoms. The van der Waals surface area contributed by atoms with Crippen molar-refractivity contribution in [2.24, 2.45) is 0 Å². The maximum absolute atomic E-state index is 12.2. The number of hydrogen-bond acceptors (Lipinski definition) is 2. The molecule has 0 radical (unpaired) electrons. The van der Waals surface area contributed by atoms with Crippen LogP contribution in [0.15, 0.2) is 36.4 Å². The highest BCUT2D eigenvalue weighted by Crippen LogP contribution is 2.23. The molecule has 2 rings (SSSR count). The molecule has 3 nitrogen and oxygen atoms in total. The van der Waals surface area contributed by atoms with E-state index in [1.165, 1.54) is 0 Å². The van der Waals surface area contributed by atoms with Crippen molar-refractivity contribution in [2.75, 3.05) is 17.2 Å². The smallest absolute Gasteiger partial charge is 0.243 e. The quantitative estimate of drug-likeness (QED) is 0.848. The van der Waals surface area contributed by atoms with E-state index in [9.17, 15) is 4.79 Å². The number of para-hydroxylation sites is 1. The predicted molar refractivity (Wildman–Crippen MR) is 93.9 cm³/mol. The summed E-state index contributed by atoms with van der Waals surface area (Å²) in [6.45, 7) is 6.22. The molecule has 0 fully saturated rings. The van der Waals surface area contributed by atoms with Gasteiger partial charge in [-0.2, -0.15) is 0 Å². The van der Waals surface area contributed by atoms with E-state index in [0.29, 0.717) is 5.02 Å². The summed E-state index contributed by atoms with van der Waals surface area (Å²) >= 11 is 6.08. The standard InChI is InChI=1S/C18H21ClN2O/c1-4-14-8-5-7-12(2)18(14)21-17(22)11-20-16-10-6-9-15(19)13(16)3/h5-10,20H,4,11H2,1-3H3,(H,21,22). The molecule has 2 N–H and O–H groups in total. The van der Waals surface area contributed by atoms with Gasteiger partial charge in [-0.15, -0.1) is 0 Å². The number of amides is 1. The lowest BCUT2D eigenvalue weighted by molar-refractivity contribution is -0.114. The van der Waals surface area contributed by atoms with Gasteiger partial charge in [0, 0.05) is 16.4 Å². The van der Waals surface area contributed by atoms with Crippen LogP contribution in [0.3, 0.4) is 0 Å². The van der Waals surface area contributed by atoms with Gasteiger partial charge in [0.15, 0.2) is 0 Å². The summed E-state index contributed by atoms with van der Waals surface area (Å²) in [5.41, 5.74) is 4.96. The summed E-state index contributed by atoms with van der Waals surface area (Å²) in [7, 11) is 0. The zero-order valence-corrected chi connectivity index (χ0v) is 13.9. The third kappa shape index (κ3) is 3.80. The van der Waals surface area contributed by atoms with Crippen molar-refractivity contribution in [1.29, 1.82) is 0 Å². The lowest BCUT2D eigenvalue weighted by Crippen LogP contribution is -2.23. The van der Waals surface area contributed by atoms with Crippen LogP contribution in [0.25, 0.3) is 0 Å². The normalized spacial score (nSPS) is 10.4. The lowest BCUT2D eigenvalue weighted by atomic mass is 10.1. The minimum atomic E-state index is -0.0663. The van der Waals surface area contributed by atoms with Crippen molar-refractivity contribution < 1.29 is 4.79 Å². The summed E-state index contributed by atoms with van der Waals surface area (Å²) in [6.07, 6.45) is 0.887. The van der Waals surface area contributed by atoms with Crippen molar-refractivity contribution >= 4 is 28.9 Å². The Bertz CT molecular complexity index is 683. The highest BCUT2D eigenvalue weighted by Gasteiger charge is 2.09. The van der Waals surface area contributed by atoms with Crippen LogP contribution in [-0.4, -0.2) is 12.5 Å². The van der Waals surface area contributed by atoms with Crippen LogP contribution in [-0.2, 0) is 11.2 Å². The summed E-state index contributed by atoms with van der Waals surface area (Å²) in [5.74, 6) is -0.0663. The molecule has 0 saturated carbocycles. The van der Waals surface area contributed by atoms with E-state index in [0.717, 1.165) is 34.5 Å². The van der Waals surface area contributed by atoms with Crippen molar-refractivity contribution in [3.05, 3.63) is 58.1 Å². The molecule has 0 atom stereocenters. The number of carbonyl (C=O) groups excluding carboxylic acids is 1. The number of benzene rings is 2. The molecule has 0 aliphatic heterocycles. The minimum absolute atomic E-state index is 0.0663. The number of nitrogens with one attached hydrogen (secondary N) is 2. The topological polar surface area (TPSA) is 41.1 Å². The molecule has 4 heteroatoms. The van der Waals surface area contributed by atoms with E-state index in [2.05, 4.69) is 17.6 Å². The second-order valence-electron chi connectivity index (χ2n) is 5.28. The van der Waals surface area contributed by atoms with Crippen LogP contribution in [0.1, 0.15) is 23.6 Å². The van der Waals surface area contributed by atoms with Gasteiger partial charge in [-0.05, 0) is 49.1 Å². The Morgan fingerprint density at radius 2 is 1.86 bits per heavy atom. The monoisotopic (exact) mass is 316 g/mol. The van der Waals surface area contributed by atoms with Gasteiger partial charge in [-0.3, -0.25) is 4.79 Å². The lowest BCUT2D eigenvalue weighted by Gasteiger charge is -2.14. The second-order valence-corrected chi connectivity index (χ2v) is 5.68. The second kappa shape index (κ2) is 7.32. The average Bonchev–Trinajstić information content (AvgIpc) is 2.50. The summed E-state index contributed by atoms with van der Waals surface area (Å²) in [6, 6.07) is 11.7. The van der Waals surface area contributed by atoms with Gasteiger partial charge in [0.25, 0.3) is 0 Å². The number of hydrogen-bond donors (Lipinski definition) is 2. The largest absolute Gasteiger partial charge is 0.376 e. The van der Waals surface area contributed by atoms with Crippen LogP contribution in [0.5, 0.6) is 0 Å². The first-order valence-corrected chi connectivity index (χ1v) is 7.78. The first-order chi connectivity index (χ1) is 10.5. The molecule has 0 aromatic heterocycles. The Labute approximate surface area is 136 Å². The molecular weight excluding hydrogens is 296 g/mol. The number of aryl methyl sites for hydroxylation is 2. The third-order valence-electron chi connectivity index (χ3n) is 3.71. The number of anilines is 2. The van der Waals surface area contributed by atoms with Crippen molar-refractivity contribution in [1.82, 2.24) is 0 Å². The van der Waals surface area contributed by atoms with Gasteiger partial charge in [-0.1, -0.05) is 42.8 Å². The van der Waals surface area contributed by atoms with Gasteiger partial charge < -0.3 is 10.6 Å². The fourth-order valence-corrected chi connectivity index (χ4v) is 2.53. The minimum Gasteiger partial charge on any atom is -0.376 e. The zero-order valence-electron chi connectivity index (χ0n) is 13.2. The Balaban J connectivity index is 2.04. The van der Waals surface area contributed by atoms with Crippen molar-refractivity contribution in [3.8, 4) is 0 Å². The van der Waals surface area contributed by atoms with Crippen LogP contribution in [0.2, 0.25) is 5.02 Å². The number of carbonyl (C=O) groups is 1. The van der Waals surface area contributed by atoms with Crippen molar-refractivity contribution in [3.63, 3.8) is 0 Å². The molecule has 0 unspecified atom stereocenters. The summed E-state index contributed by atoms with van der Waals surface area (Å²) < 4.78 is 0. The van der Waals surface area contributed by atoms with E-state index in [1.807, 2.05) is 50.2 Å². The van der Waals surface area contributed by atoms with Gasteiger partial charge in [0.1, 0.15) is 0 Å². The summed E-state index contributed by atoms with van der Waals surface area (Å²) in [4.78, 5) is 12.2. The Morgan fingerprint density at radius 3 is 2.59 bits per heavy atom.